The van der Waals surface area contributed by atoms with Gasteiger partial charge in [-0.25, -0.2) is 0 Å². The van der Waals surface area contributed by atoms with Crippen LogP contribution < -0.4 is 0 Å². The van der Waals surface area contributed by atoms with Gasteiger partial charge in [0.1, 0.15) is 0 Å². The molecular formula is C16H15BrO3. The van der Waals surface area contributed by atoms with E-state index in [9.17, 15) is 4.79 Å². The zero-order chi connectivity index (χ0) is 14.0. The standard InChI is InChI=1S/C16H15BrO3/c1-19-15-8-13(17)12(16(9-20-16)14(15)18)7-11(15)10-5-3-2-4-6-10/h2-6,8,11-12H,7,9H2,1H3/t11-,12-,15-,16+/m1/s1. The maximum atomic E-state index is 12.9. The van der Waals surface area contributed by atoms with E-state index in [1.165, 1.54) is 0 Å². The van der Waals surface area contributed by atoms with E-state index in [0.29, 0.717) is 6.61 Å². The number of fused-ring (bicyclic) bond motifs is 1. The number of hydrogen-bond donors (Lipinski definition) is 0. The van der Waals surface area contributed by atoms with Gasteiger partial charge in [0.15, 0.2) is 11.2 Å². The molecule has 2 fully saturated rings. The normalized spacial score (nSPS) is 41.9. The SMILES string of the molecule is CO[C@]12C=C(Br)[C@@H](C[C@@H]1c1ccccc1)[C@@]1(CO1)C2=O. The summed E-state index contributed by atoms with van der Waals surface area (Å²) in [6.45, 7) is 0.520. The lowest BCUT2D eigenvalue weighted by atomic mass is 9.58. The van der Waals surface area contributed by atoms with Crippen LogP contribution in [0.4, 0.5) is 0 Å². The molecule has 1 saturated carbocycles. The number of halogens is 1. The Morgan fingerprint density at radius 3 is 2.60 bits per heavy atom. The number of carbonyl (C=O) groups excluding carboxylic acids is 1. The van der Waals surface area contributed by atoms with Crippen molar-refractivity contribution in [2.45, 2.75) is 23.5 Å². The maximum absolute atomic E-state index is 12.9. The van der Waals surface area contributed by atoms with Crippen LogP contribution >= 0.6 is 15.9 Å². The first-order valence-electron chi connectivity index (χ1n) is 6.81. The quantitative estimate of drug-likeness (QED) is 0.780. The number of methoxy groups -OCH3 is 1. The third-order valence-corrected chi connectivity index (χ3v) is 5.75. The zero-order valence-electron chi connectivity index (χ0n) is 11.1. The Kier molecular flexibility index (Phi) is 2.57. The van der Waals surface area contributed by atoms with Crippen molar-refractivity contribution in [2.75, 3.05) is 13.7 Å². The third-order valence-electron chi connectivity index (χ3n) is 4.97. The molecule has 5 rings (SSSR count). The number of carbonyl (C=O) groups is 1. The average Bonchev–Trinajstić information content (AvgIpc) is 3.26. The summed E-state index contributed by atoms with van der Waals surface area (Å²) >= 11 is 3.61. The van der Waals surface area contributed by atoms with Gasteiger partial charge in [0.2, 0.25) is 5.78 Å². The number of hydrogen-bond acceptors (Lipinski definition) is 3. The van der Waals surface area contributed by atoms with Crippen LogP contribution in [0, 0.1) is 5.92 Å². The second-order valence-electron chi connectivity index (χ2n) is 5.79. The molecule has 4 atom stereocenters. The molecule has 3 nitrogen and oxygen atoms in total. The van der Waals surface area contributed by atoms with Crippen LogP contribution in [0.3, 0.4) is 0 Å². The molecule has 1 aromatic rings. The molecule has 0 radical (unpaired) electrons. The fourth-order valence-corrected chi connectivity index (χ4v) is 4.72. The minimum Gasteiger partial charge on any atom is -0.365 e. The van der Waals surface area contributed by atoms with E-state index in [-0.39, 0.29) is 17.6 Å². The van der Waals surface area contributed by atoms with E-state index < -0.39 is 11.2 Å². The summed E-state index contributed by atoms with van der Waals surface area (Å²) in [6.07, 6.45) is 2.83. The molecule has 3 aliphatic carbocycles. The summed E-state index contributed by atoms with van der Waals surface area (Å²) in [6, 6.07) is 10.1. The van der Waals surface area contributed by atoms with E-state index in [2.05, 4.69) is 28.1 Å². The molecule has 0 amide bonds. The highest BCUT2D eigenvalue weighted by Gasteiger charge is 2.72. The molecule has 2 bridgehead atoms. The Bertz CT molecular complexity index is 605. The lowest BCUT2D eigenvalue weighted by Gasteiger charge is -2.50. The van der Waals surface area contributed by atoms with Gasteiger partial charge >= 0.3 is 0 Å². The monoisotopic (exact) mass is 334 g/mol. The van der Waals surface area contributed by atoms with Crippen molar-refractivity contribution < 1.29 is 14.3 Å². The van der Waals surface area contributed by atoms with Gasteiger partial charge in [0.25, 0.3) is 0 Å². The number of ketones is 1. The minimum absolute atomic E-state index is 0.0577. The third kappa shape index (κ3) is 1.39. The molecule has 1 spiro atoms. The highest BCUT2D eigenvalue weighted by molar-refractivity contribution is 9.11. The van der Waals surface area contributed by atoms with E-state index in [1.54, 1.807) is 7.11 Å². The molecule has 1 heterocycles. The van der Waals surface area contributed by atoms with Gasteiger partial charge in [-0.3, -0.25) is 4.79 Å². The molecule has 1 aliphatic heterocycles. The Labute approximate surface area is 126 Å². The summed E-state index contributed by atoms with van der Waals surface area (Å²) in [7, 11) is 1.62. The largest absolute Gasteiger partial charge is 0.365 e. The molecule has 1 aromatic carbocycles. The molecule has 4 aliphatic rings. The van der Waals surface area contributed by atoms with Crippen LogP contribution in [0.2, 0.25) is 0 Å². The van der Waals surface area contributed by atoms with Gasteiger partial charge in [-0.05, 0) is 18.1 Å². The van der Waals surface area contributed by atoms with Crippen LogP contribution in [0.1, 0.15) is 17.9 Å². The van der Waals surface area contributed by atoms with Crippen molar-refractivity contribution in [2.24, 2.45) is 5.92 Å². The molecule has 0 N–H and O–H groups in total. The van der Waals surface area contributed by atoms with E-state index >= 15 is 0 Å². The fourth-order valence-electron chi connectivity index (χ4n) is 3.83. The highest BCUT2D eigenvalue weighted by Crippen LogP contribution is 2.61. The molecule has 0 aromatic heterocycles. The fraction of sp³-hybridized carbons (Fsp3) is 0.438. The summed E-state index contributed by atoms with van der Waals surface area (Å²) in [5.74, 6) is 0.264. The number of benzene rings is 1. The van der Waals surface area contributed by atoms with Crippen LogP contribution in [-0.2, 0) is 14.3 Å². The van der Waals surface area contributed by atoms with Crippen LogP contribution in [0.5, 0.6) is 0 Å². The van der Waals surface area contributed by atoms with Gasteiger partial charge in [-0.2, -0.15) is 0 Å². The smallest absolute Gasteiger partial charge is 0.203 e. The molecule has 0 unspecified atom stereocenters. The van der Waals surface area contributed by atoms with Gasteiger partial charge < -0.3 is 9.47 Å². The molecular weight excluding hydrogens is 320 g/mol. The molecule has 104 valence electrons. The second-order valence-corrected chi connectivity index (χ2v) is 6.70. The first-order chi connectivity index (χ1) is 9.64. The molecule has 4 heteroatoms. The first-order valence-corrected chi connectivity index (χ1v) is 7.60. The number of Topliss-reactive ketones (excluding diaryl/α,β-unsaturated/α-hetero) is 1. The van der Waals surface area contributed by atoms with Crippen LogP contribution in [0.15, 0.2) is 40.9 Å². The summed E-state index contributed by atoms with van der Waals surface area (Å²) in [5.41, 5.74) is -0.375. The Morgan fingerprint density at radius 2 is 2.00 bits per heavy atom. The van der Waals surface area contributed by atoms with Crippen molar-refractivity contribution in [3.63, 3.8) is 0 Å². The Balaban J connectivity index is 1.87. The number of epoxide rings is 1. The van der Waals surface area contributed by atoms with Crippen LogP contribution in [0.25, 0.3) is 0 Å². The molecule has 1 saturated heterocycles. The topological polar surface area (TPSA) is 38.8 Å². The summed E-state index contributed by atoms with van der Waals surface area (Å²) < 4.78 is 12.4. The number of rotatable bonds is 2. The van der Waals surface area contributed by atoms with E-state index in [0.717, 1.165) is 16.5 Å². The Hall–Kier alpha value is -0.970. The predicted molar refractivity (Wildman–Crippen MR) is 77.7 cm³/mol. The van der Waals surface area contributed by atoms with Crippen LogP contribution in [-0.4, -0.2) is 30.7 Å². The van der Waals surface area contributed by atoms with Gasteiger partial charge in [0.05, 0.1) is 6.61 Å². The van der Waals surface area contributed by atoms with Crippen molar-refractivity contribution in [1.82, 2.24) is 0 Å². The van der Waals surface area contributed by atoms with Crippen molar-refractivity contribution in [1.29, 1.82) is 0 Å². The van der Waals surface area contributed by atoms with E-state index in [4.69, 9.17) is 9.47 Å². The van der Waals surface area contributed by atoms with Gasteiger partial charge in [0, 0.05) is 23.4 Å². The van der Waals surface area contributed by atoms with E-state index in [1.807, 2.05) is 24.3 Å². The lowest BCUT2D eigenvalue weighted by Crippen LogP contribution is -2.61. The minimum atomic E-state index is -0.897. The summed E-state index contributed by atoms with van der Waals surface area (Å²) in [4.78, 5) is 12.9. The van der Waals surface area contributed by atoms with Crippen molar-refractivity contribution in [3.05, 3.63) is 46.5 Å². The first kappa shape index (κ1) is 12.7. The van der Waals surface area contributed by atoms with Crippen molar-refractivity contribution in [3.8, 4) is 0 Å². The summed E-state index contributed by atoms with van der Waals surface area (Å²) in [5, 5.41) is 0. The lowest BCUT2D eigenvalue weighted by molar-refractivity contribution is -0.153. The molecule has 20 heavy (non-hydrogen) atoms. The number of ether oxygens (including phenoxy) is 2. The van der Waals surface area contributed by atoms with Gasteiger partial charge in [-0.1, -0.05) is 46.3 Å². The predicted octanol–water partition coefficient (Wildman–Crippen LogP) is 2.81. The zero-order valence-corrected chi connectivity index (χ0v) is 12.7. The highest BCUT2D eigenvalue weighted by atomic mass is 79.9. The Morgan fingerprint density at radius 1 is 1.30 bits per heavy atom. The maximum Gasteiger partial charge on any atom is 0.203 e. The average molecular weight is 335 g/mol. The van der Waals surface area contributed by atoms with Gasteiger partial charge in [-0.15, -0.1) is 0 Å². The second kappa shape index (κ2) is 4.03. The van der Waals surface area contributed by atoms with Crippen molar-refractivity contribution >= 4 is 21.7 Å².